The van der Waals surface area contributed by atoms with Crippen LogP contribution in [0.25, 0.3) is 0 Å². The van der Waals surface area contributed by atoms with Crippen LogP contribution in [-0.4, -0.2) is 48.2 Å². The van der Waals surface area contributed by atoms with E-state index in [0.717, 1.165) is 25.9 Å². The zero-order chi connectivity index (χ0) is 13.3. The van der Waals surface area contributed by atoms with E-state index in [1.165, 1.54) is 6.42 Å². The van der Waals surface area contributed by atoms with Gasteiger partial charge < -0.3 is 15.3 Å². The minimum absolute atomic E-state index is 0.691. The summed E-state index contributed by atoms with van der Waals surface area (Å²) >= 11 is 0. The molecule has 102 valence electrons. The van der Waals surface area contributed by atoms with Crippen LogP contribution >= 0.6 is 0 Å². The quantitative estimate of drug-likeness (QED) is 0.577. The molecule has 2 N–H and O–H groups in total. The van der Waals surface area contributed by atoms with Crippen LogP contribution in [0.1, 0.15) is 46.5 Å². The first-order valence-corrected chi connectivity index (χ1v) is 6.63. The van der Waals surface area contributed by atoms with Gasteiger partial charge in [0, 0.05) is 0 Å². The number of likely N-dealkylation sites (N-methyl/N-ethyl adjacent to an activating group) is 1. The standard InChI is InChI=1S/C13H28N2O2/c1-5-10-15(4)11-8-7-9-13(3,12(16)17)14-6-2/h14H,5-11H2,1-4H3,(H,16,17). The molecule has 0 radical (unpaired) electrons. The summed E-state index contributed by atoms with van der Waals surface area (Å²) in [7, 11) is 2.12. The minimum atomic E-state index is -0.766. The van der Waals surface area contributed by atoms with Crippen molar-refractivity contribution in [1.82, 2.24) is 10.2 Å². The lowest BCUT2D eigenvalue weighted by Gasteiger charge is -2.26. The van der Waals surface area contributed by atoms with E-state index in [9.17, 15) is 9.90 Å². The van der Waals surface area contributed by atoms with Gasteiger partial charge in [-0.25, -0.2) is 0 Å². The van der Waals surface area contributed by atoms with Gasteiger partial charge in [-0.05, 0) is 59.3 Å². The fourth-order valence-electron chi connectivity index (χ4n) is 2.01. The maximum atomic E-state index is 11.2. The first-order chi connectivity index (χ1) is 7.96. The molecule has 0 aliphatic rings. The number of hydrogen-bond donors (Lipinski definition) is 2. The number of nitrogens with one attached hydrogen (secondary N) is 1. The zero-order valence-electron chi connectivity index (χ0n) is 11.8. The van der Waals surface area contributed by atoms with Crippen LogP contribution < -0.4 is 5.32 Å². The highest BCUT2D eigenvalue weighted by atomic mass is 16.4. The van der Waals surface area contributed by atoms with Crippen molar-refractivity contribution < 1.29 is 9.90 Å². The van der Waals surface area contributed by atoms with Crippen molar-refractivity contribution in [2.45, 2.75) is 52.0 Å². The van der Waals surface area contributed by atoms with Crippen LogP contribution in [-0.2, 0) is 4.79 Å². The van der Waals surface area contributed by atoms with Crippen molar-refractivity contribution in [1.29, 1.82) is 0 Å². The molecule has 0 aliphatic carbocycles. The molecule has 4 heteroatoms. The van der Waals surface area contributed by atoms with Gasteiger partial charge in [0.05, 0.1) is 0 Å². The zero-order valence-corrected chi connectivity index (χ0v) is 11.8. The molecule has 0 spiro atoms. The normalized spacial score (nSPS) is 14.9. The first-order valence-electron chi connectivity index (χ1n) is 6.63. The SMILES string of the molecule is CCCN(C)CCCCC(C)(NCC)C(=O)O. The fourth-order valence-corrected chi connectivity index (χ4v) is 2.01. The number of carbonyl (C=O) groups is 1. The van der Waals surface area contributed by atoms with Crippen molar-refractivity contribution in [3.8, 4) is 0 Å². The van der Waals surface area contributed by atoms with E-state index in [1.807, 2.05) is 6.92 Å². The Bertz CT molecular complexity index is 221. The van der Waals surface area contributed by atoms with Crippen LogP contribution in [0, 0.1) is 0 Å². The Morgan fingerprint density at radius 1 is 1.29 bits per heavy atom. The first kappa shape index (κ1) is 16.4. The van der Waals surface area contributed by atoms with Crippen LogP contribution in [0.4, 0.5) is 0 Å². The molecule has 1 atom stereocenters. The second kappa shape index (κ2) is 8.48. The summed E-state index contributed by atoms with van der Waals surface area (Å²) in [5.41, 5.74) is -0.766. The van der Waals surface area contributed by atoms with E-state index in [-0.39, 0.29) is 0 Å². The van der Waals surface area contributed by atoms with Gasteiger partial charge in [-0.1, -0.05) is 13.8 Å². The van der Waals surface area contributed by atoms with Gasteiger partial charge >= 0.3 is 5.97 Å². The van der Waals surface area contributed by atoms with Gasteiger partial charge in [0.2, 0.25) is 0 Å². The molecule has 0 saturated heterocycles. The highest BCUT2D eigenvalue weighted by molar-refractivity contribution is 5.78. The van der Waals surface area contributed by atoms with Gasteiger partial charge in [-0.15, -0.1) is 0 Å². The molecular formula is C13H28N2O2. The Kier molecular flexibility index (Phi) is 8.17. The van der Waals surface area contributed by atoms with Crippen molar-refractivity contribution in [2.75, 3.05) is 26.7 Å². The van der Waals surface area contributed by atoms with Gasteiger partial charge in [-0.3, -0.25) is 4.79 Å². The van der Waals surface area contributed by atoms with E-state index in [0.29, 0.717) is 13.0 Å². The molecular weight excluding hydrogens is 216 g/mol. The number of aliphatic carboxylic acids is 1. The molecule has 0 aromatic carbocycles. The summed E-state index contributed by atoms with van der Waals surface area (Å²) in [6.07, 6.45) is 3.87. The highest BCUT2D eigenvalue weighted by Gasteiger charge is 2.30. The Morgan fingerprint density at radius 3 is 2.41 bits per heavy atom. The van der Waals surface area contributed by atoms with E-state index >= 15 is 0 Å². The second-order valence-corrected chi connectivity index (χ2v) is 4.93. The number of rotatable bonds is 10. The summed E-state index contributed by atoms with van der Waals surface area (Å²) in [5.74, 6) is -0.749. The van der Waals surface area contributed by atoms with Crippen LogP contribution in [0.2, 0.25) is 0 Å². The Labute approximate surface area is 105 Å². The monoisotopic (exact) mass is 244 g/mol. The Hall–Kier alpha value is -0.610. The van der Waals surface area contributed by atoms with Crippen LogP contribution in [0.15, 0.2) is 0 Å². The predicted octanol–water partition coefficient (Wildman–Crippen LogP) is 1.95. The molecule has 4 nitrogen and oxygen atoms in total. The largest absolute Gasteiger partial charge is 0.480 e. The molecule has 0 amide bonds. The lowest BCUT2D eigenvalue weighted by Crippen LogP contribution is -2.49. The molecule has 0 bridgehead atoms. The number of carboxylic acid groups (broad SMARTS) is 1. The van der Waals surface area contributed by atoms with Crippen molar-refractivity contribution in [3.05, 3.63) is 0 Å². The van der Waals surface area contributed by atoms with E-state index < -0.39 is 11.5 Å². The van der Waals surface area contributed by atoms with Gasteiger partial charge in [-0.2, -0.15) is 0 Å². The molecule has 0 aromatic rings. The summed E-state index contributed by atoms with van der Waals surface area (Å²) in [6.45, 7) is 8.74. The van der Waals surface area contributed by atoms with Gasteiger partial charge in [0.1, 0.15) is 5.54 Å². The lowest BCUT2D eigenvalue weighted by atomic mass is 9.95. The Morgan fingerprint density at radius 2 is 1.94 bits per heavy atom. The average molecular weight is 244 g/mol. The smallest absolute Gasteiger partial charge is 0.323 e. The topological polar surface area (TPSA) is 52.6 Å². The third kappa shape index (κ3) is 6.64. The predicted molar refractivity (Wildman–Crippen MR) is 71.4 cm³/mol. The third-order valence-electron chi connectivity index (χ3n) is 3.11. The second-order valence-electron chi connectivity index (χ2n) is 4.93. The summed E-state index contributed by atoms with van der Waals surface area (Å²) in [4.78, 5) is 13.5. The summed E-state index contributed by atoms with van der Waals surface area (Å²) in [6, 6.07) is 0. The molecule has 17 heavy (non-hydrogen) atoms. The van der Waals surface area contributed by atoms with Gasteiger partial charge in [0.25, 0.3) is 0 Å². The molecule has 0 rings (SSSR count). The van der Waals surface area contributed by atoms with Crippen molar-refractivity contribution in [2.24, 2.45) is 0 Å². The maximum Gasteiger partial charge on any atom is 0.323 e. The molecule has 1 unspecified atom stereocenters. The van der Waals surface area contributed by atoms with Crippen molar-refractivity contribution in [3.63, 3.8) is 0 Å². The molecule has 0 aliphatic heterocycles. The lowest BCUT2D eigenvalue weighted by molar-refractivity contribution is -0.144. The van der Waals surface area contributed by atoms with Gasteiger partial charge in [0.15, 0.2) is 0 Å². The summed E-state index contributed by atoms with van der Waals surface area (Å²) in [5, 5.41) is 12.2. The number of unbranched alkanes of at least 4 members (excludes halogenated alkanes) is 1. The molecule has 0 saturated carbocycles. The number of hydrogen-bond acceptors (Lipinski definition) is 3. The maximum absolute atomic E-state index is 11.2. The third-order valence-corrected chi connectivity index (χ3v) is 3.11. The average Bonchev–Trinajstić information content (AvgIpc) is 2.25. The molecule has 0 fully saturated rings. The van der Waals surface area contributed by atoms with E-state index in [4.69, 9.17) is 0 Å². The highest BCUT2D eigenvalue weighted by Crippen LogP contribution is 2.14. The summed E-state index contributed by atoms with van der Waals surface area (Å²) < 4.78 is 0. The Balaban J connectivity index is 3.87. The van der Waals surface area contributed by atoms with Crippen molar-refractivity contribution >= 4 is 5.97 Å². The molecule has 0 heterocycles. The van der Waals surface area contributed by atoms with Crippen LogP contribution in [0.3, 0.4) is 0 Å². The van der Waals surface area contributed by atoms with Crippen LogP contribution in [0.5, 0.6) is 0 Å². The number of nitrogens with zero attached hydrogens (tertiary/aromatic N) is 1. The molecule has 0 aromatic heterocycles. The van der Waals surface area contributed by atoms with E-state index in [2.05, 4.69) is 24.2 Å². The fraction of sp³-hybridized carbons (Fsp3) is 0.923. The number of carboxylic acids is 1. The minimum Gasteiger partial charge on any atom is -0.480 e. The van der Waals surface area contributed by atoms with E-state index in [1.54, 1.807) is 6.92 Å².